The van der Waals surface area contributed by atoms with E-state index >= 15 is 0 Å². The number of ether oxygens (including phenoxy) is 2. The van der Waals surface area contributed by atoms with Crippen molar-refractivity contribution in [1.29, 1.82) is 0 Å². The molecule has 0 aromatic heterocycles. The van der Waals surface area contributed by atoms with Crippen molar-refractivity contribution in [2.24, 2.45) is 5.73 Å². The Hall–Kier alpha value is -3.93. The van der Waals surface area contributed by atoms with Gasteiger partial charge in [-0.1, -0.05) is 154 Å². The fourth-order valence-corrected chi connectivity index (χ4v) is 5.74. The topological polar surface area (TPSA) is 175 Å². The maximum Gasteiger partial charge on any atom is 0.472 e. The van der Waals surface area contributed by atoms with Crippen LogP contribution in [0.3, 0.4) is 0 Å². The van der Waals surface area contributed by atoms with Crippen molar-refractivity contribution in [3.8, 4) is 0 Å². The molecule has 0 aromatic carbocycles. The van der Waals surface area contributed by atoms with Crippen LogP contribution >= 0.6 is 7.82 Å². The van der Waals surface area contributed by atoms with Crippen molar-refractivity contribution in [2.45, 2.75) is 135 Å². The summed E-state index contributed by atoms with van der Waals surface area (Å²) in [6.07, 6.45) is 52.7. The first-order valence-electron chi connectivity index (χ1n) is 21.9. The molecule has 0 fully saturated rings. The first-order chi connectivity index (χ1) is 29.6. The van der Waals surface area contributed by atoms with Crippen LogP contribution < -0.4 is 5.73 Å². The molecule has 5 N–H and O–H groups in total. The summed E-state index contributed by atoms with van der Waals surface area (Å²) in [6.45, 7) is 3.14. The quantitative estimate of drug-likeness (QED) is 0.0153. The van der Waals surface area contributed by atoms with E-state index in [4.69, 9.17) is 24.3 Å². The lowest BCUT2D eigenvalue weighted by Crippen LogP contribution is -2.29. The van der Waals surface area contributed by atoms with Crippen molar-refractivity contribution in [1.82, 2.24) is 0 Å². The van der Waals surface area contributed by atoms with Gasteiger partial charge in [-0.3, -0.25) is 18.6 Å². The number of aliphatic hydroxyl groups is 2. The van der Waals surface area contributed by atoms with Gasteiger partial charge in [0.05, 0.1) is 25.4 Å². The van der Waals surface area contributed by atoms with Gasteiger partial charge in [0.2, 0.25) is 0 Å². The third-order valence-corrected chi connectivity index (χ3v) is 9.20. The predicted octanol–water partition coefficient (Wildman–Crippen LogP) is 10.7. The summed E-state index contributed by atoms with van der Waals surface area (Å²) in [7, 11) is -4.44. The minimum atomic E-state index is -4.44. The van der Waals surface area contributed by atoms with Crippen molar-refractivity contribution in [3.63, 3.8) is 0 Å². The van der Waals surface area contributed by atoms with Gasteiger partial charge in [-0.05, 0) is 83.5 Å². The van der Waals surface area contributed by atoms with E-state index in [0.717, 1.165) is 57.8 Å². The average Bonchev–Trinajstić information content (AvgIpc) is 3.24. The standard InChI is InChI=1S/C49H76NO10P/c1-3-5-7-8-9-10-11-12-13-14-15-16-17-18-19-20-21-26-34-40-49(54)60-47(44-59-61(55,56)58-42-41-50)43-57-48(53)39-33-25-23-22-24-30-36-46(52)38-32-28-27-31-37-45(51)35-29-6-4-2/h5-7,9-10,12-13,15-16,18-19,23-25,27-32,37-38,45-47,51-52H,3-4,8,11,14,17,20-22,26,33-36,39-44,50H2,1-2H3,(H,55,56)/b7-5-,10-9-,13-12-,16-15-,19-18-,25-23-,28-27-,29-6-,30-24-,37-31+,38-32+/t45-,46+,47-/m1/s1. The Kier molecular flexibility index (Phi) is 40.0. The molecule has 0 radical (unpaired) electrons. The summed E-state index contributed by atoms with van der Waals surface area (Å²) < 4.78 is 32.6. The van der Waals surface area contributed by atoms with Crippen LogP contribution in [-0.4, -0.2) is 71.7 Å². The molecule has 0 aliphatic carbocycles. The Morgan fingerprint density at radius 1 is 0.574 bits per heavy atom. The van der Waals surface area contributed by atoms with Crippen LogP contribution in [0.2, 0.25) is 0 Å². The molecular formula is C49H76NO10P. The van der Waals surface area contributed by atoms with Gasteiger partial charge in [0.25, 0.3) is 0 Å². The molecule has 0 aliphatic heterocycles. The van der Waals surface area contributed by atoms with E-state index in [-0.39, 0.29) is 32.6 Å². The number of esters is 2. The summed E-state index contributed by atoms with van der Waals surface area (Å²) >= 11 is 0. The number of carbonyl (C=O) groups is 2. The van der Waals surface area contributed by atoms with Gasteiger partial charge in [0.15, 0.2) is 6.10 Å². The SMILES string of the molecule is CC/C=C\C/C=C\C/C=C\C/C=C\C/C=C\CCCCCC(=O)O[C@H](COC(=O)CC/C=C\C/C=C\C[C@H](O)/C=C/C=C\C=C\[C@H](O)C/C=C\CC)COP(=O)(O)OCCN. The van der Waals surface area contributed by atoms with E-state index in [9.17, 15) is 29.3 Å². The van der Waals surface area contributed by atoms with Crippen molar-refractivity contribution < 1.29 is 47.8 Å². The number of phosphoric ester groups is 1. The van der Waals surface area contributed by atoms with Gasteiger partial charge in [0.1, 0.15) is 6.61 Å². The van der Waals surface area contributed by atoms with Crippen LogP contribution in [0, 0.1) is 0 Å². The summed E-state index contributed by atoms with van der Waals surface area (Å²) in [4.78, 5) is 34.9. The molecule has 4 atom stereocenters. The monoisotopic (exact) mass is 870 g/mol. The van der Waals surface area contributed by atoms with Gasteiger partial charge in [-0.25, -0.2) is 4.57 Å². The van der Waals surface area contributed by atoms with Gasteiger partial charge in [0, 0.05) is 19.4 Å². The van der Waals surface area contributed by atoms with E-state index in [1.165, 1.54) is 0 Å². The normalized spacial score (nSPS) is 15.6. The Bertz CT molecular complexity index is 1490. The maximum absolute atomic E-state index is 12.6. The number of phosphoric acid groups is 1. The molecule has 0 saturated carbocycles. The summed E-state index contributed by atoms with van der Waals surface area (Å²) in [5, 5.41) is 19.9. The Labute approximate surface area is 367 Å². The number of carbonyl (C=O) groups excluding carboxylic acids is 2. The molecule has 61 heavy (non-hydrogen) atoms. The lowest BCUT2D eigenvalue weighted by Gasteiger charge is -2.19. The van der Waals surface area contributed by atoms with Gasteiger partial charge < -0.3 is 30.3 Å². The van der Waals surface area contributed by atoms with Crippen molar-refractivity contribution >= 4 is 19.8 Å². The zero-order chi connectivity index (χ0) is 44.9. The number of aliphatic hydroxyl groups excluding tert-OH is 2. The molecule has 1 unspecified atom stereocenters. The molecule has 0 aliphatic rings. The fraction of sp³-hybridized carbons (Fsp3) is 0.510. The van der Waals surface area contributed by atoms with Crippen LogP contribution in [0.15, 0.2) is 134 Å². The summed E-state index contributed by atoms with van der Waals surface area (Å²) in [5.74, 6) is -1.05. The predicted molar refractivity (Wildman–Crippen MR) is 249 cm³/mol. The molecule has 0 amide bonds. The highest BCUT2D eigenvalue weighted by molar-refractivity contribution is 7.47. The maximum atomic E-state index is 12.6. The van der Waals surface area contributed by atoms with Crippen LogP contribution in [0.1, 0.15) is 117 Å². The van der Waals surface area contributed by atoms with Gasteiger partial charge in [-0.15, -0.1) is 0 Å². The second-order valence-electron chi connectivity index (χ2n) is 13.8. The largest absolute Gasteiger partial charge is 0.472 e. The molecular weight excluding hydrogens is 794 g/mol. The van der Waals surface area contributed by atoms with Gasteiger partial charge in [-0.2, -0.15) is 0 Å². The summed E-state index contributed by atoms with van der Waals surface area (Å²) in [5.41, 5.74) is 5.33. The Morgan fingerprint density at radius 3 is 1.62 bits per heavy atom. The lowest BCUT2D eigenvalue weighted by molar-refractivity contribution is -0.161. The number of hydrogen-bond donors (Lipinski definition) is 4. The second-order valence-corrected chi connectivity index (χ2v) is 15.3. The Balaban J connectivity index is 4.48. The molecule has 0 heterocycles. The van der Waals surface area contributed by atoms with Crippen LogP contribution in [-0.2, 0) is 32.7 Å². The minimum Gasteiger partial charge on any atom is -0.462 e. The van der Waals surface area contributed by atoms with Crippen LogP contribution in [0.5, 0.6) is 0 Å². The molecule has 0 spiro atoms. The molecule has 0 saturated heterocycles. The third kappa shape index (κ3) is 42.5. The molecule has 0 bridgehead atoms. The third-order valence-electron chi connectivity index (χ3n) is 8.21. The van der Waals surface area contributed by atoms with Crippen molar-refractivity contribution in [3.05, 3.63) is 134 Å². The van der Waals surface area contributed by atoms with E-state index < -0.39 is 44.7 Å². The highest BCUT2D eigenvalue weighted by Gasteiger charge is 2.25. The van der Waals surface area contributed by atoms with E-state index in [2.05, 4.69) is 67.7 Å². The average molecular weight is 870 g/mol. The molecule has 12 heteroatoms. The minimum absolute atomic E-state index is 0.0130. The highest BCUT2D eigenvalue weighted by atomic mass is 31.2. The van der Waals surface area contributed by atoms with E-state index in [1.54, 1.807) is 36.5 Å². The molecule has 342 valence electrons. The Morgan fingerprint density at radius 2 is 1.07 bits per heavy atom. The zero-order valence-corrected chi connectivity index (χ0v) is 37.7. The molecule has 0 rings (SSSR count). The zero-order valence-electron chi connectivity index (χ0n) is 36.8. The van der Waals surface area contributed by atoms with Crippen molar-refractivity contribution in [2.75, 3.05) is 26.4 Å². The van der Waals surface area contributed by atoms with Gasteiger partial charge >= 0.3 is 19.8 Å². The molecule has 0 aromatic rings. The summed E-state index contributed by atoms with van der Waals surface area (Å²) in [6, 6.07) is 0. The number of allylic oxidation sites excluding steroid dienone is 18. The molecule has 11 nitrogen and oxygen atoms in total. The van der Waals surface area contributed by atoms with E-state index in [0.29, 0.717) is 32.1 Å². The van der Waals surface area contributed by atoms with Crippen LogP contribution in [0.4, 0.5) is 0 Å². The van der Waals surface area contributed by atoms with Crippen LogP contribution in [0.25, 0.3) is 0 Å². The number of hydrogen-bond acceptors (Lipinski definition) is 10. The number of rotatable bonds is 38. The fourth-order valence-electron chi connectivity index (χ4n) is 4.98. The first-order valence-corrected chi connectivity index (χ1v) is 23.4. The van der Waals surface area contributed by atoms with E-state index in [1.807, 2.05) is 43.4 Å². The highest BCUT2D eigenvalue weighted by Crippen LogP contribution is 2.43. The second kappa shape index (κ2) is 42.7. The number of unbranched alkanes of at least 4 members (excludes halogenated alkanes) is 3. The lowest BCUT2D eigenvalue weighted by atomic mass is 10.1. The first kappa shape index (κ1) is 57.1. The number of nitrogens with two attached hydrogens (primary N) is 1. The smallest absolute Gasteiger partial charge is 0.462 e.